The molecule has 1 N–H and O–H groups in total. The first-order valence-corrected chi connectivity index (χ1v) is 8.49. The SMILES string of the molecule is O=C(NCc1ccccc1)C1CCCC(=O)N1Cc1ccc(F)cc1. The minimum absolute atomic E-state index is 0.0320. The topological polar surface area (TPSA) is 49.4 Å². The zero-order chi connectivity index (χ0) is 17.6. The largest absolute Gasteiger partial charge is 0.350 e. The molecule has 0 bridgehead atoms. The second-order valence-electron chi connectivity index (χ2n) is 6.26. The third-order valence-electron chi connectivity index (χ3n) is 4.44. The Morgan fingerprint density at radius 3 is 2.52 bits per heavy atom. The van der Waals surface area contributed by atoms with Crippen LogP contribution in [0.5, 0.6) is 0 Å². The average Bonchev–Trinajstić information content (AvgIpc) is 2.64. The first kappa shape index (κ1) is 17.1. The van der Waals surface area contributed by atoms with E-state index in [9.17, 15) is 14.0 Å². The molecule has 2 amide bonds. The molecule has 0 radical (unpaired) electrons. The number of halogens is 1. The van der Waals surface area contributed by atoms with E-state index in [4.69, 9.17) is 0 Å². The summed E-state index contributed by atoms with van der Waals surface area (Å²) in [6, 6.07) is 15.2. The van der Waals surface area contributed by atoms with Gasteiger partial charge in [0.1, 0.15) is 11.9 Å². The lowest BCUT2D eigenvalue weighted by Crippen LogP contribution is -2.51. The van der Waals surface area contributed by atoms with Crippen molar-refractivity contribution in [3.8, 4) is 0 Å². The minimum Gasteiger partial charge on any atom is -0.350 e. The highest BCUT2D eigenvalue weighted by Crippen LogP contribution is 2.21. The molecule has 1 unspecified atom stereocenters. The summed E-state index contributed by atoms with van der Waals surface area (Å²) in [7, 11) is 0. The lowest BCUT2D eigenvalue weighted by Gasteiger charge is -2.34. The average molecular weight is 340 g/mol. The van der Waals surface area contributed by atoms with E-state index < -0.39 is 6.04 Å². The highest BCUT2D eigenvalue weighted by molar-refractivity contribution is 5.88. The van der Waals surface area contributed by atoms with Crippen LogP contribution in [-0.4, -0.2) is 22.8 Å². The van der Waals surface area contributed by atoms with Crippen molar-refractivity contribution < 1.29 is 14.0 Å². The second kappa shape index (κ2) is 7.92. The number of rotatable bonds is 5. The van der Waals surface area contributed by atoms with Crippen LogP contribution in [-0.2, 0) is 22.7 Å². The van der Waals surface area contributed by atoms with Gasteiger partial charge in [-0.15, -0.1) is 0 Å². The molecular weight excluding hydrogens is 319 g/mol. The highest BCUT2D eigenvalue weighted by atomic mass is 19.1. The Balaban J connectivity index is 1.67. The standard InChI is InChI=1S/C20H21FN2O2/c21-17-11-9-16(10-12-17)14-23-18(7-4-8-19(23)24)20(25)22-13-15-5-2-1-3-6-15/h1-3,5-6,9-12,18H,4,7-8,13-14H2,(H,22,25). The summed E-state index contributed by atoms with van der Waals surface area (Å²) in [6.45, 7) is 0.761. The summed E-state index contributed by atoms with van der Waals surface area (Å²) in [5, 5.41) is 2.92. The van der Waals surface area contributed by atoms with Crippen LogP contribution in [0.3, 0.4) is 0 Å². The van der Waals surface area contributed by atoms with Crippen molar-refractivity contribution in [2.75, 3.05) is 0 Å². The molecule has 25 heavy (non-hydrogen) atoms. The van der Waals surface area contributed by atoms with Gasteiger partial charge in [0.15, 0.2) is 0 Å². The van der Waals surface area contributed by atoms with E-state index in [-0.39, 0.29) is 17.6 Å². The molecule has 1 aliphatic heterocycles. The van der Waals surface area contributed by atoms with Gasteiger partial charge in [0.25, 0.3) is 0 Å². The van der Waals surface area contributed by atoms with Gasteiger partial charge >= 0.3 is 0 Å². The molecular formula is C20H21FN2O2. The van der Waals surface area contributed by atoms with Gasteiger partial charge in [-0.2, -0.15) is 0 Å². The van der Waals surface area contributed by atoms with Crippen molar-refractivity contribution >= 4 is 11.8 Å². The van der Waals surface area contributed by atoms with Crippen molar-refractivity contribution in [1.82, 2.24) is 10.2 Å². The zero-order valence-corrected chi connectivity index (χ0v) is 14.0. The number of nitrogens with one attached hydrogen (secondary N) is 1. The molecule has 3 rings (SSSR count). The zero-order valence-electron chi connectivity index (χ0n) is 14.0. The molecule has 0 spiro atoms. The number of benzene rings is 2. The number of hydrogen-bond donors (Lipinski definition) is 1. The fourth-order valence-electron chi connectivity index (χ4n) is 3.08. The quantitative estimate of drug-likeness (QED) is 0.909. The number of amides is 2. The van der Waals surface area contributed by atoms with Crippen LogP contribution in [0.25, 0.3) is 0 Å². The van der Waals surface area contributed by atoms with Gasteiger partial charge in [0.05, 0.1) is 0 Å². The van der Waals surface area contributed by atoms with Crippen molar-refractivity contribution in [2.24, 2.45) is 0 Å². The number of likely N-dealkylation sites (tertiary alicyclic amines) is 1. The Morgan fingerprint density at radius 1 is 1.08 bits per heavy atom. The van der Waals surface area contributed by atoms with E-state index in [1.165, 1.54) is 12.1 Å². The number of hydrogen-bond acceptors (Lipinski definition) is 2. The first-order valence-electron chi connectivity index (χ1n) is 8.49. The minimum atomic E-state index is -0.477. The predicted octanol–water partition coefficient (Wildman–Crippen LogP) is 3.02. The van der Waals surface area contributed by atoms with E-state index in [2.05, 4.69) is 5.32 Å². The van der Waals surface area contributed by atoms with E-state index in [0.29, 0.717) is 32.4 Å². The van der Waals surface area contributed by atoms with Crippen LogP contribution in [0.2, 0.25) is 0 Å². The van der Waals surface area contributed by atoms with E-state index in [0.717, 1.165) is 11.1 Å². The molecule has 0 aliphatic carbocycles. The van der Waals surface area contributed by atoms with Crippen molar-refractivity contribution in [3.05, 3.63) is 71.5 Å². The molecule has 4 nitrogen and oxygen atoms in total. The van der Waals surface area contributed by atoms with Crippen molar-refractivity contribution in [2.45, 2.75) is 38.4 Å². The summed E-state index contributed by atoms with van der Waals surface area (Å²) in [4.78, 5) is 26.5. The molecule has 5 heteroatoms. The maximum absolute atomic E-state index is 13.1. The number of carbonyl (C=O) groups excluding carboxylic acids is 2. The van der Waals surface area contributed by atoms with Gasteiger partial charge in [0, 0.05) is 19.5 Å². The maximum atomic E-state index is 13.1. The van der Waals surface area contributed by atoms with Crippen LogP contribution >= 0.6 is 0 Å². The molecule has 0 saturated carbocycles. The molecule has 1 atom stereocenters. The predicted molar refractivity (Wildman–Crippen MR) is 92.9 cm³/mol. The lowest BCUT2D eigenvalue weighted by molar-refractivity contribution is -0.144. The van der Waals surface area contributed by atoms with Crippen LogP contribution in [0.1, 0.15) is 30.4 Å². The van der Waals surface area contributed by atoms with Gasteiger partial charge < -0.3 is 10.2 Å². The summed E-state index contributed by atoms with van der Waals surface area (Å²) in [6.07, 6.45) is 1.80. The summed E-state index contributed by atoms with van der Waals surface area (Å²) >= 11 is 0. The summed E-state index contributed by atoms with van der Waals surface area (Å²) < 4.78 is 13.1. The monoisotopic (exact) mass is 340 g/mol. The Labute approximate surface area is 146 Å². The molecule has 1 aliphatic rings. The van der Waals surface area contributed by atoms with Crippen LogP contribution in [0.15, 0.2) is 54.6 Å². The van der Waals surface area contributed by atoms with E-state index in [1.54, 1.807) is 17.0 Å². The van der Waals surface area contributed by atoms with Gasteiger partial charge in [-0.1, -0.05) is 42.5 Å². The van der Waals surface area contributed by atoms with Crippen LogP contribution in [0, 0.1) is 5.82 Å². The maximum Gasteiger partial charge on any atom is 0.243 e. The smallest absolute Gasteiger partial charge is 0.243 e. The fourth-order valence-corrected chi connectivity index (χ4v) is 3.08. The van der Waals surface area contributed by atoms with Crippen molar-refractivity contribution in [3.63, 3.8) is 0 Å². The number of nitrogens with zero attached hydrogens (tertiary/aromatic N) is 1. The third kappa shape index (κ3) is 4.44. The Morgan fingerprint density at radius 2 is 1.80 bits per heavy atom. The normalized spacial score (nSPS) is 17.4. The molecule has 1 heterocycles. The summed E-state index contributed by atoms with van der Waals surface area (Å²) in [5.74, 6) is -0.486. The molecule has 2 aromatic rings. The Bertz CT molecular complexity index is 731. The van der Waals surface area contributed by atoms with Gasteiger partial charge in [-0.05, 0) is 36.1 Å². The molecule has 130 valence electrons. The second-order valence-corrected chi connectivity index (χ2v) is 6.26. The molecule has 0 aromatic heterocycles. The molecule has 2 aromatic carbocycles. The number of carbonyl (C=O) groups is 2. The molecule has 1 fully saturated rings. The Kier molecular flexibility index (Phi) is 5.43. The fraction of sp³-hybridized carbons (Fsp3) is 0.300. The van der Waals surface area contributed by atoms with E-state index >= 15 is 0 Å². The van der Waals surface area contributed by atoms with Gasteiger partial charge in [-0.25, -0.2) is 4.39 Å². The van der Waals surface area contributed by atoms with Crippen LogP contribution in [0.4, 0.5) is 4.39 Å². The van der Waals surface area contributed by atoms with E-state index in [1.807, 2.05) is 30.3 Å². The lowest BCUT2D eigenvalue weighted by atomic mass is 9.99. The van der Waals surface area contributed by atoms with Crippen molar-refractivity contribution in [1.29, 1.82) is 0 Å². The molecule has 1 saturated heterocycles. The number of piperidine rings is 1. The highest BCUT2D eigenvalue weighted by Gasteiger charge is 2.32. The van der Waals surface area contributed by atoms with Crippen LogP contribution < -0.4 is 5.32 Å². The van der Waals surface area contributed by atoms with Gasteiger partial charge in [0.2, 0.25) is 11.8 Å². The summed E-state index contributed by atoms with van der Waals surface area (Å²) in [5.41, 5.74) is 1.83. The van der Waals surface area contributed by atoms with Gasteiger partial charge in [-0.3, -0.25) is 9.59 Å². The Hall–Kier alpha value is -2.69. The first-order chi connectivity index (χ1) is 12.1. The third-order valence-corrected chi connectivity index (χ3v) is 4.44.